The number of hydrogen-bond donors (Lipinski definition) is 3. The van der Waals surface area contributed by atoms with Gasteiger partial charge in [-0.25, -0.2) is 4.68 Å². The predicted octanol–water partition coefficient (Wildman–Crippen LogP) is 2.77. The van der Waals surface area contributed by atoms with Crippen LogP contribution in [0, 0.1) is 0 Å². The maximum Gasteiger partial charge on any atom is 0.305 e. The van der Waals surface area contributed by atoms with Crippen molar-refractivity contribution in [2.24, 2.45) is 0 Å². The van der Waals surface area contributed by atoms with E-state index in [2.05, 4.69) is 10.4 Å². The Balaban J connectivity index is 1.88. The summed E-state index contributed by atoms with van der Waals surface area (Å²) in [5, 5.41) is 15.1. The van der Waals surface area contributed by atoms with E-state index in [4.69, 9.17) is 16.3 Å². The molecule has 150 valence electrons. The minimum atomic E-state index is -1.09. The van der Waals surface area contributed by atoms with Crippen LogP contribution in [0.2, 0.25) is 5.02 Å². The molecule has 0 aliphatic rings. The van der Waals surface area contributed by atoms with Crippen molar-refractivity contribution in [3.63, 3.8) is 0 Å². The third kappa shape index (κ3) is 4.67. The van der Waals surface area contributed by atoms with Gasteiger partial charge >= 0.3 is 5.97 Å². The number of para-hydroxylation sites is 1. The topological polar surface area (TPSA) is 113 Å². The standard InChI is InChI=1S/C20H18ClN3O5/c1-29-17-5-3-2-4-14(17)15(11-19(26)27)22-20(28)16-10-18(25)24(23-16)13-8-6-12(21)7-9-13/h2-10,15,23H,11H2,1H3,(H,22,28)(H,26,27)/t15-/m0/s1. The Morgan fingerprint density at radius 1 is 1.21 bits per heavy atom. The highest BCUT2D eigenvalue weighted by Crippen LogP contribution is 2.27. The molecule has 9 heteroatoms. The molecule has 1 heterocycles. The summed E-state index contributed by atoms with van der Waals surface area (Å²) in [6, 6.07) is 13.6. The number of aliphatic carboxylic acids is 1. The fourth-order valence-corrected chi connectivity index (χ4v) is 3.02. The number of aromatic amines is 1. The van der Waals surface area contributed by atoms with Crippen molar-refractivity contribution in [2.75, 3.05) is 7.11 Å². The first-order valence-electron chi connectivity index (χ1n) is 8.62. The second kappa shape index (κ2) is 8.66. The Morgan fingerprint density at radius 2 is 1.90 bits per heavy atom. The van der Waals surface area contributed by atoms with Gasteiger partial charge in [-0.2, -0.15) is 0 Å². The lowest BCUT2D eigenvalue weighted by molar-refractivity contribution is -0.137. The Bertz CT molecular complexity index is 1090. The molecule has 0 saturated heterocycles. The number of halogens is 1. The maximum absolute atomic E-state index is 12.7. The van der Waals surface area contributed by atoms with E-state index in [9.17, 15) is 19.5 Å². The smallest absolute Gasteiger partial charge is 0.305 e. The largest absolute Gasteiger partial charge is 0.496 e. The van der Waals surface area contributed by atoms with Gasteiger partial charge in [-0.05, 0) is 30.3 Å². The number of carboxylic acids is 1. The molecule has 2 aromatic carbocycles. The quantitative estimate of drug-likeness (QED) is 0.549. The van der Waals surface area contributed by atoms with Crippen LogP contribution >= 0.6 is 11.6 Å². The number of carbonyl (C=O) groups is 2. The lowest BCUT2D eigenvalue weighted by Gasteiger charge is -2.19. The summed E-state index contributed by atoms with van der Waals surface area (Å²) in [5.74, 6) is -1.26. The van der Waals surface area contributed by atoms with Crippen molar-refractivity contribution in [1.29, 1.82) is 0 Å². The zero-order chi connectivity index (χ0) is 21.0. The first-order valence-corrected chi connectivity index (χ1v) is 9.00. The number of rotatable bonds is 7. The molecule has 3 N–H and O–H groups in total. The summed E-state index contributed by atoms with van der Waals surface area (Å²) in [5.41, 5.74) is 0.579. The fraction of sp³-hybridized carbons (Fsp3) is 0.150. The van der Waals surface area contributed by atoms with Crippen LogP contribution in [0.25, 0.3) is 5.69 Å². The van der Waals surface area contributed by atoms with E-state index in [1.165, 1.54) is 11.8 Å². The lowest BCUT2D eigenvalue weighted by Crippen LogP contribution is -2.30. The average molecular weight is 416 g/mol. The van der Waals surface area contributed by atoms with Crippen molar-refractivity contribution < 1.29 is 19.4 Å². The van der Waals surface area contributed by atoms with E-state index in [-0.39, 0.29) is 12.1 Å². The first-order chi connectivity index (χ1) is 13.9. The molecule has 0 radical (unpaired) electrons. The summed E-state index contributed by atoms with van der Waals surface area (Å²) < 4.78 is 6.46. The van der Waals surface area contributed by atoms with Gasteiger partial charge in [0.1, 0.15) is 11.4 Å². The first kappa shape index (κ1) is 20.2. The van der Waals surface area contributed by atoms with Gasteiger partial charge in [0.05, 0.1) is 25.3 Å². The van der Waals surface area contributed by atoms with Crippen LogP contribution in [0.15, 0.2) is 59.4 Å². The predicted molar refractivity (Wildman–Crippen MR) is 107 cm³/mol. The van der Waals surface area contributed by atoms with Gasteiger partial charge in [-0.3, -0.25) is 19.5 Å². The van der Waals surface area contributed by atoms with Crippen LogP contribution in [-0.4, -0.2) is 33.9 Å². The van der Waals surface area contributed by atoms with E-state index in [0.29, 0.717) is 22.0 Å². The molecule has 0 spiro atoms. The fourth-order valence-electron chi connectivity index (χ4n) is 2.90. The summed E-state index contributed by atoms with van der Waals surface area (Å²) in [7, 11) is 1.46. The van der Waals surface area contributed by atoms with E-state index >= 15 is 0 Å². The molecular weight excluding hydrogens is 398 g/mol. The molecule has 0 unspecified atom stereocenters. The molecular formula is C20H18ClN3O5. The van der Waals surface area contributed by atoms with Gasteiger partial charge in [-0.15, -0.1) is 0 Å². The lowest BCUT2D eigenvalue weighted by atomic mass is 10.0. The molecule has 1 amide bonds. The van der Waals surface area contributed by atoms with E-state index in [1.807, 2.05) is 0 Å². The van der Waals surface area contributed by atoms with E-state index in [0.717, 1.165) is 6.07 Å². The van der Waals surface area contributed by atoms with Gasteiger partial charge in [-0.1, -0.05) is 29.8 Å². The number of aromatic nitrogens is 2. The highest BCUT2D eigenvalue weighted by Gasteiger charge is 2.23. The molecule has 0 saturated carbocycles. The van der Waals surface area contributed by atoms with E-state index in [1.54, 1.807) is 48.5 Å². The van der Waals surface area contributed by atoms with Crippen LogP contribution in [0.1, 0.15) is 28.5 Å². The van der Waals surface area contributed by atoms with E-state index < -0.39 is 23.5 Å². The summed E-state index contributed by atoms with van der Waals surface area (Å²) in [6.07, 6.45) is -0.353. The van der Waals surface area contributed by atoms with Crippen LogP contribution in [0.5, 0.6) is 5.75 Å². The summed E-state index contributed by atoms with van der Waals surface area (Å²) >= 11 is 5.86. The molecule has 0 bridgehead atoms. The summed E-state index contributed by atoms with van der Waals surface area (Å²) in [6.45, 7) is 0. The third-order valence-corrected chi connectivity index (χ3v) is 4.50. The Kier molecular flexibility index (Phi) is 6.04. The number of carboxylic acid groups (broad SMARTS) is 1. The third-order valence-electron chi connectivity index (χ3n) is 4.25. The van der Waals surface area contributed by atoms with Crippen molar-refractivity contribution >= 4 is 23.5 Å². The zero-order valence-corrected chi connectivity index (χ0v) is 16.1. The number of carbonyl (C=O) groups excluding carboxylic acids is 1. The highest BCUT2D eigenvalue weighted by atomic mass is 35.5. The zero-order valence-electron chi connectivity index (χ0n) is 15.4. The molecule has 3 rings (SSSR count). The molecule has 1 aromatic heterocycles. The number of nitrogens with one attached hydrogen (secondary N) is 2. The van der Waals surface area contributed by atoms with Gasteiger partial charge in [0.25, 0.3) is 11.5 Å². The number of benzene rings is 2. The summed E-state index contributed by atoms with van der Waals surface area (Å²) in [4.78, 5) is 36.3. The number of ether oxygens (including phenoxy) is 1. The van der Waals surface area contributed by atoms with Gasteiger partial charge < -0.3 is 15.2 Å². The van der Waals surface area contributed by atoms with Crippen LogP contribution in [0.3, 0.4) is 0 Å². The average Bonchev–Trinajstić information content (AvgIpc) is 3.09. The Hall–Kier alpha value is -3.52. The normalized spacial score (nSPS) is 11.7. The number of methoxy groups -OCH3 is 1. The van der Waals surface area contributed by atoms with Crippen molar-refractivity contribution in [3.05, 3.63) is 81.2 Å². The number of amides is 1. The molecule has 0 aliphatic heterocycles. The Labute approximate surface area is 170 Å². The molecule has 0 aliphatic carbocycles. The van der Waals surface area contributed by atoms with Crippen LogP contribution < -0.4 is 15.6 Å². The van der Waals surface area contributed by atoms with Gasteiger partial charge in [0, 0.05) is 16.7 Å². The number of nitrogens with zero attached hydrogens (tertiary/aromatic N) is 1. The molecule has 1 atom stereocenters. The Morgan fingerprint density at radius 3 is 2.55 bits per heavy atom. The second-order valence-electron chi connectivity index (χ2n) is 6.19. The second-order valence-corrected chi connectivity index (χ2v) is 6.62. The van der Waals surface area contributed by atoms with Crippen molar-refractivity contribution in [3.8, 4) is 11.4 Å². The SMILES string of the molecule is COc1ccccc1[C@H](CC(=O)O)NC(=O)c1cc(=O)n(-c2ccc(Cl)cc2)[nH]1. The number of hydrogen-bond acceptors (Lipinski definition) is 4. The molecule has 29 heavy (non-hydrogen) atoms. The molecule has 0 fully saturated rings. The minimum Gasteiger partial charge on any atom is -0.496 e. The van der Waals surface area contributed by atoms with Crippen LogP contribution in [0.4, 0.5) is 0 Å². The van der Waals surface area contributed by atoms with Gasteiger partial charge in [0.2, 0.25) is 0 Å². The highest BCUT2D eigenvalue weighted by molar-refractivity contribution is 6.30. The van der Waals surface area contributed by atoms with Crippen molar-refractivity contribution in [2.45, 2.75) is 12.5 Å². The number of H-pyrrole nitrogens is 1. The monoisotopic (exact) mass is 415 g/mol. The van der Waals surface area contributed by atoms with Crippen LogP contribution in [-0.2, 0) is 4.79 Å². The van der Waals surface area contributed by atoms with Gasteiger partial charge in [0.15, 0.2) is 0 Å². The molecule has 3 aromatic rings. The minimum absolute atomic E-state index is 0.00441. The van der Waals surface area contributed by atoms with Crippen molar-refractivity contribution in [1.82, 2.24) is 15.1 Å². The maximum atomic E-state index is 12.7. The molecule has 8 nitrogen and oxygen atoms in total.